The standard InChI is InChI=1S/C19H30O6S/c1-17(2,3)15(20)11-18-7-13-6-14(8-18)10-19(9-13,12-18)16(21)25-4-5-26(22,23)24/h13-14H,4-12H2,1-3H3,(H,22,23,24). The molecule has 7 heteroatoms. The van der Waals surface area contributed by atoms with Crippen molar-refractivity contribution in [2.24, 2.45) is 28.1 Å². The highest BCUT2D eigenvalue weighted by Gasteiger charge is 2.61. The van der Waals surface area contributed by atoms with Crippen LogP contribution in [0.5, 0.6) is 0 Å². The Labute approximate surface area is 155 Å². The Kier molecular flexibility index (Phi) is 4.80. The van der Waals surface area contributed by atoms with Gasteiger partial charge >= 0.3 is 5.97 Å². The summed E-state index contributed by atoms with van der Waals surface area (Å²) >= 11 is 0. The molecule has 4 fully saturated rings. The molecule has 2 unspecified atom stereocenters. The van der Waals surface area contributed by atoms with Crippen molar-refractivity contribution >= 4 is 21.9 Å². The predicted molar refractivity (Wildman–Crippen MR) is 96.0 cm³/mol. The third kappa shape index (κ3) is 3.98. The molecule has 0 aromatic rings. The van der Waals surface area contributed by atoms with Gasteiger partial charge in [-0.05, 0) is 55.8 Å². The van der Waals surface area contributed by atoms with E-state index in [0.29, 0.717) is 24.7 Å². The maximum absolute atomic E-state index is 12.8. The molecule has 0 spiro atoms. The van der Waals surface area contributed by atoms with Gasteiger partial charge in [0, 0.05) is 11.8 Å². The second-order valence-corrected chi connectivity index (χ2v) is 11.6. The average Bonchev–Trinajstić information content (AvgIpc) is 2.42. The fourth-order valence-corrected chi connectivity index (χ4v) is 6.19. The van der Waals surface area contributed by atoms with Crippen molar-refractivity contribution in [2.75, 3.05) is 12.4 Å². The van der Waals surface area contributed by atoms with E-state index in [9.17, 15) is 18.0 Å². The van der Waals surface area contributed by atoms with Gasteiger partial charge in [-0.3, -0.25) is 14.1 Å². The zero-order chi connectivity index (χ0) is 19.4. The zero-order valence-corrected chi connectivity index (χ0v) is 16.7. The summed E-state index contributed by atoms with van der Waals surface area (Å²) in [7, 11) is -4.14. The third-order valence-electron chi connectivity index (χ3n) is 6.56. The molecule has 1 N–H and O–H groups in total. The molecule has 26 heavy (non-hydrogen) atoms. The highest BCUT2D eigenvalue weighted by molar-refractivity contribution is 7.85. The van der Waals surface area contributed by atoms with Crippen molar-refractivity contribution in [3.63, 3.8) is 0 Å². The molecule has 4 bridgehead atoms. The molecule has 4 aliphatic carbocycles. The van der Waals surface area contributed by atoms with E-state index < -0.39 is 21.3 Å². The fourth-order valence-electron chi connectivity index (χ4n) is 5.90. The van der Waals surface area contributed by atoms with Crippen LogP contribution in [0.1, 0.15) is 65.7 Å². The first-order valence-electron chi connectivity index (χ1n) is 9.48. The highest BCUT2D eigenvalue weighted by Crippen LogP contribution is 2.67. The molecule has 4 saturated carbocycles. The van der Waals surface area contributed by atoms with Crippen molar-refractivity contribution in [1.29, 1.82) is 0 Å². The molecule has 0 heterocycles. The second-order valence-electron chi connectivity index (χ2n) is 10.0. The van der Waals surface area contributed by atoms with Crippen LogP contribution in [0.15, 0.2) is 0 Å². The van der Waals surface area contributed by atoms with E-state index in [-0.39, 0.29) is 29.2 Å². The monoisotopic (exact) mass is 386 g/mol. The molecule has 148 valence electrons. The van der Waals surface area contributed by atoms with Gasteiger partial charge in [0.05, 0.1) is 5.41 Å². The summed E-state index contributed by atoms with van der Waals surface area (Å²) in [5.74, 6) is 0.212. The van der Waals surface area contributed by atoms with Crippen LogP contribution in [-0.2, 0) is 24.4 Å². The van der Waals surface area contributed by atoms with Gasteiger partial charge in [-0.1, -0.05) is 20.8 Å². The molecule has 0 saturated heterocycles. The van der Waals surface area contributed by atoms with Gasteiger partial charge in [0.25, 0.3) is 10.1 Å². The lowest BCUT2D eigenvalue weighted by Gasteiger charge is -2.61. The van der Waals surface area contributed by atoms with Crippen molar-refractivity contribution < 1.29 is 27.3 Å². The summed E-state index contributed by atoms with van der Waals surface area (Å²) in [6.45, 7) is 5.50. The number of ether oxygens (including phenoxy) is 1. The van der Waals surface area contributed by atoms with Gasteiger partial charge in [0.1, 0.15) is 18.1 Å². The van der Waals surface area contributed by atoms with Crippen LogP contribution in [0.25, 0.3) is 0 Å². The first-order chi connectivity index (χ1) is 11.8. The molecule has 4 rings (SSSR count). The third-order valence-corrected chi connectivity index (χ3v) is 7.24. The number of Topliss-reactive ketones (excluding diaryl/α,β-unsaturated/α-hetero) is 1. The molecule has 0 aromatic carbocycles. The Morgan fingerprint density at radius 2 is 1.69 bits per heavy atom. The fraction of sp³-hybridized carbons (Fsp3) is 0.895. The van der Waals surface area contributed by atoms with Gasteiger partial charge in [-0.15, -0.1) is 0 Å². The van der Waals surface area contributed by atoms with Gasteiger partial charge < -0.3 is 4.74 Å². The summed E-state index contributed by atoms with van der Waals surface area (Å²) in [6, 6.07) is 0. The normalized spacial score (nSPS) is 36.2. The van der Waals surface area contributed by atoms with Gasteiger partial charge in [0.2, 0.25) is 0 Å². The van der Waals surface area contributed by atoms with Crippen molar-refractivity contribution in [2.45, 2.75) is 65.7 Å². The number of esters is 1. The lowest BCUT2D eigenvalue weighted by molar-refractivity contribution is -0.182. The van der Waals surface area contributed by atoms with Crippen molar-refractivity contribution in [1.82, 2.24) is 0 Å². The van der Waals surface area contributed by atoms with E-state index in [2.05, 4.69) is 0 Å². The number of ketones is 1. The molecule has 0 aromatic heterocycles. The SMILES string of the molecule is CC(C)(C)C(=O)CC12CC3CC(C1)CC(C(=O)OCCS(=O)(=O)O)(C3)C2. The van der Waals surface area contributed by atoms with Crippen LogP contribution in [0.4, 0.5) is 0 Å². The Balaban J connectivity index is 1.75. The van der Waals surface area contributed by atoms with Crippen LogP contribution in [0, 0.1) is 28.1 Å². The van der Waals surface area contributed by atoms with Gasteiger partial charge in [-0.25, -0.2) is 0 Å². The maximum Gasteiger partial charge on any atom is 0.312 e. The number of hydrogen-bond donors (Lipinski definition) is 1. The van der Waals surface area contributed by atoms with Crippen LogP contribution in [0.3, 0.4) is 0 Å². The van der Waals surface area contributed by atoms with Crippen molar-refractivity contribution in [3.05, 3.63) is 0 Å². The minimum absolute atomic E-state index is 0.115. The summed E-state index contributed by atoms with van der Waals surface area (Å²) in [6.07, 6.45) is 5.87. The topological polar surface area (TPSA) is 97.7 Å². The van der Waals surface area contributed by atoms with Crippen LogP contribution < -0.4 is 0 Å². The average molecular weight is 387 g/mol. The Morgan fingerprint density at radius 1 is 1.12 bits per heavy atom. The molecule has 2 atom stereocenters. The summed E-state index contributed by atoms with van der Waals surface area (Å²) in [4.78, 5) is 25.5. The predicted octanol–water partition coefficient (Wildman–Crippen LogP) is 3.01. The van der Waals surface area contributed by atoms with E-state index in [0.717, 1.165) is 32.1 Å². The van der Waals surface area contributed by atoms with Gasteiger partial charge in [0.15, 0.2) is 0 Å². The number of carbonyl (C=O) groups is 2. The minimum atomic E-state index is -4.14. The smallest absolute Gasteiger partial charge is 0.312 e. The molecule has 0 radical (unpaired) electrons. The lowest BCUT2D eigenvalue weighted by Crippen LogP contribution is -2.56. The first-order valence-corrected chi connectivity index (χ1v) is 11.1. The van der Waals surface area contributed by atoms with E-state index >= 15 is 0 Å². The summed E-state index contributed by atoms with van der Waals surface area (Å²) < 4.78 is 35.8. The molecular formula is C19H30O6S. The molecule has 0 aliphatic heterocycles. The molecule has 4 aliphatic rings. The Bertz CT molecular complexity index is 688. The van der Waals surface area contributed by atoms with E-state index in [1.807, 2.05) is 20.8 Å². The Hall–Kier alpha value is -0.950. The van der Waals surface area contributed by atoms with Crippen LogP contribution in [0.2, 0.25) is 0 Å². The number of rotatable bonds is 6. The highest BCUT2D eigenvalue weighted by atomic mass is 32.2. The van der Waals surface area contributed by atoms with Gasteiger partial charge in [-0.2, -0.15) is 8.42 Å². The van der Waals surface area contributed by atoms with E-state index in [1.165, 1.54) is 0 Å². The summed E-state index contributed by atoms with van der Waals surface area (Å²) in [5.41, 5.74) is -1.08. The van der Waals surface area contributed by atoms with Crippen LogP contribution in [-0.4, -0.2) is 37.1 Å². The zero-order valence-electron chi connectivity index (χ0n) is 15.9. The Morgan fingerprint density at radius 3 is 2.19 bits per heavy atom. The molecular weight excluding hydrogens is 356 g/mol. The largest absolute Gasteiger partial charge is 0.464 e. The quantitative estimate of drug-likeness (QED) is 0.557. The first kappa shape index (κ1) is 19.8. The number of hydrogen-bond acceptors (Lipinski definition) is 5. The maximum atomic E-state index is 12.8. The minimum Gasteiger partial charge on any atom is -0.464 e. The number of carbonyl (C=O) groups excluding carboxylic acids is 2. The van der Waals surface area contributed by atoms with Crippen molar-refractivity contribution in [3.8, 4) is 0 Å². The second kappa shape index (κ2) is 6.30. The van der Waals surface area contributed by atoms with E-state index in [1.54, 1.807) is 0 Å². The van der Waals surface area contributed by atoms with Crippen LogP contribution >= 0.6 is 0 Å². The van der Waals surface area contributed by atoms with E-state index in [4.69, 9.17) is 9.29 Å². The molecule has 6 nitrogen and oxygen atoms in total. The molecule has 0 amide bonds. The summed E-state index contributed by atoms with van der Waals surface area (Å²) in [5, 5.41) is 0. The lowest BCUT2D eigenvalue weighted by atomic mass is 9.43.